The Morgan fingerprint density at radius 3 is 2.63 bits per heavy atom. The quantitative estimate of drug-likeness (QED) is 0.790. The zero-order valence-electron chi connectivity index (χ0n) is 12.3. The van der Waals surface area contributed by atoms with Crippen LogP contribution >= 0.6 is 0 Å². The lowest BCUT2D eigenvalue weighted by atomic mass is 10.1. The van der Waals surface area contributed by atoms with Crippen LogP contribution in [0.5, 0.6) is 5.75 Å². The molecular weight excluding hydrogens is 236 g/mol. The van der Waals surface area contributed by atoms with Gasteiger partial charge >= 0.3 is 0 Å². The third kappa shape index (κ3) is 3.41. The van der Waals surface area contributed by atoms with Crippen molar-refractivity contribution in [2.75, 3.05) is 18.0 Å². The minimum atomic E-state index is 0.199. The maximum atomic E-state index is 10.2. The normalized spacial score (nSPS) is 16.4. The van der Waals surface area contributed by atoms with Crippen molar-refractivity contribution in [3.05, 3.63) is 23.8 Å². The first-order valence-corrected chi connectivity index (χ1v) is 7.50. The lowest BCUT2D eigenvalue weighted by Crippen LogP contribution is -2.25. The molecule has 1 fully saturated rings. The van der Waals surface area contributed by atoms with Crippen LogP contribution in [0.2, 0.25) is 0 Å². The first kappa shape index (κ1) is 14.2. The van der Waals surface area contributed by atoms with Crippen LogP contribution in [0.3, 0.4) is 0 Å². The van der Waals surface area contributed by atoms with Crippen LogP contribution in [0.1, 0.15) is 51.6 Å². The summed E-state index contributed by atoms with van der Waals surface area (Å²) in [5.74, 6) is 0.410. The van der Waals surface area contributed by atoms with E-state index in [1.807, 2.05) is 6.07 Å². The van der Waals surface area contributed by atoms with Crippen LogP contribution in [0, 0.1) is 0 Å². The molecule has 1 aromatic carbocycles. The van der Waals surface area contributed by atoms with Gasteiger partial charge in [-0.15, -0.1) is 0 Å². The molecule has 3 nitrogen and oxygen atoms in total. The van der Waals surface area contributed by atoms with E-state index >= 15 is 0 Å². The fraction of sp³-hybridized carbons (Fsp3) is 0.625. The van der Waals surface area contributed by atoms with Crippen molar-refractivity contribution in [1.82, 2.24) is 5.32 Å². The van der Waals surface area contributed by atoms with Crippen molar-refractivity contribution in [2.45, 2.75) is 52.1 Å². The standard InChI is InChI=1S/C16H26N2O/c1-4-10-17-12(3)15-9-8-14(11-16(15)19)18(5-2)13-6-7-13/h8-9,11-13,17,19H,4-7,10H2,1-3H3. The van der Waals surface area contributed by atoms with Crippen LogP contribution in [0.15, 0.2) is 18.2 Å². The summed E-state index contributed by atoms with van der Waals surface area (Å²) < 4.78 is 0. The molecule has 1 aliphatic rings. The molecule has 106 valence electrons. The van der Waals surface area contributed by atoms with E-state index < -0.39 is 0 Å². The fourth-order valence-corrected chi connectivity index (χ4v) is 2.59. The second-order valence-electron chi connectivity index (χ2n) is 5.44. The molecule has 0 bridgehead atoms. The first-order chi connectivity index (χ1) is 9.17. The number of hydrogen-bond donors (Lipinski definition) is 2. The average molecular weight is 262 g/mol. The molecule has 19 heavy (non-hydrogen) atoms. The third-order valence-corrected chi connectivity index (χ3v) is 3.84. The van der Waals surface area contributed by atoms with E-state index in [9.17, 15) is 5.11 Å². The molecule has 0 radical (unpaired) electrons. The van der Waals surface area contributed by atoms with Crippen molar-refractivity contribution >= 4 is 5.69 Å². The monoisotopic (exact) mass is 262 g/mol. The number of aromatic hydroxyl groups is 1. The van der Waals surface area contributed by atoms with E-state index in [1.165, 1.54) is 12.8 Å². The molecule has 1 atom stereocenters. The minimum Gasteiger partial charge on any atom is -0.508 e. The second kappa shape index (κ2) is 6.29. The van der Waals surface area contributed by atoms with Gasteiger partial charge in [0.05, 0.1) is 0 Å². The van der Waals surface area contributed by atoms with E-state index in [0.717, 1.165) is 30.8 Å². The van der Waals surface area contributed by atoms with Gasteiger partial charge in [-0.25, -0.2) is 0 Å². The van der Waals surface area contributed by atoms with Crippen molar-refractivity contribution in [2.24, 2.45) is 0 Å². The third-order valence-electron chi connectivity index (χ3n) is 3.84. The predicted octanol–water partition coefficient (Wildman–Crippen LogP) is 3.44. The van der Waals surface area contributed by atoms with Gasteiger partial charge in [0.1, 0.15) is 5.75 Å². The van der Waals surface area contributed by atoms with Crippen molar-refractivity contribution < 1.29 is 5.11 Å². The molecule has 3 heteroatoms. The van der Waals surface area contributed by atoms with Gasteiger partial charge in [0.2, 0.25) is 0 Å². The highest BCUT2D eigenvalue weighted by Crippen LogP contribution is 2.35. The Labute approximate surface area is 116 Å². The van der Waals surface area contributed by atoms with Crippen molar-refractivity contribution in [3.63, 3.8) is 0 Å². The van der Waals surface area contributed by atoms with Gasteiger partial charge in [-0.2, -0.15) is 0 Å². The summed E-state index contributed by atoms with van der Waals surface area (Å²) in [4.78, 5) is 2.38. The van der Waals surface area contributed by atoms with Gasteiger partial charge in [-0.05, 0) is 45.7 Å². The average Bonchev–Trinajstić information content (AvgIpc) is 3.21. The molecular formula is C16H26N2O. The Morgan fingerprint density at radius 1 is 1.37 bits per heavy atom. The van der Waals surface area contributed by atoms with Crippen LogP contribution in [-0.2, 0) is 0 Å². The molecule has 0 aliphatic heterocycles. The van der Waals surface area contributed by atoms with E-state index in [-0.39, 0.29) is 6.04 Å². The lowest BCUT2D eigenvalue weighted by Gasteiger charge is -2.24. The highest BCUT2D eigenvalue weighted by atomic mass is 16.3. The Bertz CT molecular complexity index is 415. The van der Waals surface area contributed by atoms with Crippen LogP contribution in [0.25, 0.3) is 0 Å². The fourth-order valence-electron chi connectivity index (χ4n) is 2.59. The number of phenols is 1. The molecule has 2 rings (SSSR count). The van der Waals surface area contributed by atoms with Gasteiger partial charge in [0, 0.05) is 35.9 Å². The SMILES string of the molecule is CCCNC(C)c1ccc(N(CC)C2CC2)cc1O. The summed E-state index contributed by atoms with van der Waals surface area (Å²) >= 11 is 0. The molecule has 0 heterocycles. The summed E-state index contributed by atoms with van der Waals surface area (Å²) in [5.41, 5.74) is 2.14. The van der Waals surface area contributed by atoms with Gasteiger partial charge in [-0.3, -0.25) is 0 Å². The molecule has 0 spiro atoms. The van der Waals surface area contributed by atoms with Gasteiger partial charge < -0.3 is 15.3 Å². The van der Waals surface area contributed by atoms with E-state index in [2.05, 4.69) is 43.1 Å². The molecule has 0 amide bonds. The van der Waals surface area contributed by atoms with Crippen molar-refractivity contribution in [3.8, 4) is 5.75 Å². The summed E-state index contributed by atoms with van der Waals surface area (Å²) in [5, 5.41) is 13.7. The first-order valence-electron chi connectivity index (χ1n) is 7.50. The molecule has 1 aliphatic carbocycles. The molecule has 0 aromatic heterocycles. The predicted molar refractivity (Wildman–Crippen MR) is 80.9 cm³/mol. The minimum absolute atomic E-state index is 0.199. The number of anilines is 1. The number of nitrogens with zero attached hydrogens (tertiary/aromatic N) is 1. The largest absolute Gasteiger partial charge is 0.508 e. The second-order valence-corrected chi connectivity index (χ2v) is 5.44. The summed E-state index contributed by atoms with van der Waals surface area (Å²) in [6.07, 6.45) is 3.67. The summed E-state index contributed by atoms with van der Waals surface area (Å²) in [6, 6.07) is 7.00. The van der Waals surface area contributed by atoms with Gasteiger partial charge in [0.25, 0.3) is 0 Å². The maximum Gasteiger partial charge on any atom is 0.122 e. The van der Waals surface area contributed by atoms with Crippen LogP contribution in [0.4, 0.5) is 5.69 Å². The highest BCUT2D eigenvalue weighted by molar-refractivity contribution is 5.55. The molecule has 1 saturated carbocycles. The number of hydrogen-bond acceptors (Lipinski definition) is 3. The molecule has 1 aromatic rings. The van der Waals surface area contributed by atoms with E-state index in [1.54, 1.807) is 0 Å². The summed E-state index contributed by atoms with van der Waals surface area (Å²) in [7, 11) is 0. The maximum absolute atomic E-state index is 10.2. The number of nitrogens with one attached hydrogen (secondary N) is 1. The van der Waals surface area contributed by atoms with Gasteiger partial charge in [-0.1, -0.05) is 13.0 Å². The Balaban J connectivity index is 2.11. The number of phenolic OH excluding ortho intramolecular Hbond substituents is 1. The Hall–Kier alpha value is -1.22. The Morgan fingerprint density at radius 2 is 2.11 bits per heavy atom. The molecule has 2 N–H and O–H groups in total. The van der Waals surface area contributed by atoms with Crippen molar-refractivity contribution in [1.29, 1.82) is 0 Å². The van der Waals surface area contributed by atoms with E-state index in [0.29, 0.717) is 11.8 Å². The van der Waals surface area contributed by atoms with E-state index in [4.69, 9.17) is 0 Å². The van der Waals surface area contributed by atoms with Gasteiger partial charge in [0.15, 0.2) is 0 Å². The molecule has 1 unspecified atom stereocenters. The zero-order valence-corrected chi connectivity index (χ0v) is 12.3. The van der Waals surface area contributed by atoms with Crippen LogP contribution < -0.4 is 10.2 Å². The smallest absolute Gasteiger partial charge is 0.122 e. The number of benzene rings is 1. The highest BCUT2D eigenvalue weighted by Gasteiger charge is 2.28. The number of rotatable bonds is 7. The summed E-state index contributed by atoms with van der Waals surface area (Å²) in [6.45, 7) is 8.41. The topological polar surface area (TPSA) is 35.5 Å². The lowest BCUT2D eigenvalue weighted by molar-refractivity contribution is 0.452. The molecule has 0 saturated heterocycles. The zero-order chi connectivity index (χ0) is 13.8. The van der Waals surface area contributed by atoms with Crippen LogP contribution in [-0.4, -0.2) is 24.2 Å². The Kier molecular flexibility index (Phi) is 4.70.